The van der Waals surface area contributed by atoms with Gasteiger partial charge in [0.15, 0.2) is 5.16 Å². The molecule has 4 nitrogen and oxygen atoms in total. The lowest BCUT2D eigenvalue weighted by Gasteiger charge is -1.99. The zero-order valence-corrected chi connectivity index (χ0v) is 9.02. The SMILES string of the molecule is O=C(O)c1ccc(Sc2ncccn2)cc1. The Morgan fingerprint density at radius 3 is 2.31 bits per heavy atom. The highest BCUT2D eigenvalue weighted by molar-refractivity contribution is 7.99. The van der Waals surface area contributed by atoms with E-state index in [1.807, 2.05) is 0 Å². The molecular weight excluding hydrogens is 224 g/mol. The van der Waals surface area contributed by atoms with Crippen LogP contribution in [0.5, 0.6) is 0 Å². The van der Waals surface area contributed by atoms with Crippen LogP contribution in [0.15, 0.2) is 52.8 Å². The molecule has 1 aromatic carbocycles. The molecule has 0 fully saturated rings. The Kier molecular flexibility index (Phi) is 3.16. The molecule has 1 aromatic heterocycles. The summed E-state index contributed by atoms with van der Waals surface area (Å²) in [5.74, 6) is -0.924. The lowest BCUT2D eigenvalue weighted by Crippen LogP contribution is -1.94. The monoisotopic (exact) mass is 232 g/mol. The van der Waals surface area contributed by atoms with Gasteiger partial charge in [0.2, 0.25) is 0 Å². The Morgan fingerprint density at radius 2 is 1.75 bits per heavy atom. The number of hydrogen-bond acceptors (Lipinski definition) is 4. The summed E-state index contributed by atoms with van der Waals surface area (Å²) in [5.41, 5.74) is 0.276. The van der Waals surface area contributed by atoms with Gasteiger partial charge >= 0.3 is 5.97 Å². The molecule has 5 heteroatoms. The van der Waals surface area contributed by atoms with Crippen molar-refractivity contribution in [1.82, 2.24) is 9.97 Å². The highest BCUT2D eigenvalue weighted by Gasteiger charge is 2.03. The van der Waals surface area contributed by atoms with E-state index in [2.05, 4.69) is 9.97 Å². The molecule has 0 aliphatic heterocycles. The summed E-state index contributed by atoms with van der Waals surface area (Å²) in [6, 6.07) is 8.35. The van der Waals surface area contributed by atoms with Gasteiger partial charge in [-0.1, -0.05) is 0 Å². The van der Waals surface area contributed by atoms with Gasteiger partial charge in [-0.3, -0.25) is 0 Å². The number of rotatable bonds is 3. The average Bonchev–Trinajstić information content (AvgIpc) is 2.31. The van der Waals surface area contributed by atoms with Crippen LogP contribution in [0.3, 0.4) is 0 Å². The smallest absolute Gasteiger partial charge is 0.335 e. The lowest BCUT2D eigenvalue weighted by molar-refractivity contribution is 0.0697. The molecule has 0 unspecified atom stereocenters. The molecule has 2 rings (SSSR count). The molecule has 0 saturated carbocycles. The first kappa shape index (κ1) is 10.6. The van der Waals surface area contributed by atoms with E-state index >= 15 is 0 Å². The standard InChI is InChI=1S/C11H8N2O2S/c14-10(15)8-2-4-9(5-3-8)16-11-12-6-1-7-13-11/h1-7H,(H,14,15). The number of aromatic nitrogens is 2. The van der Waals surface area contributed by atoms with Crippen molar-refractivity contribution < 1.29 is 9.90 Å². The van der Waals surface area contributed by atoms with E-state index in [0.29, 0.717) is 5.16 Å². The second-order valence-electron chi connectivity index (χ2n) is 2.96. The Bertz CT molecular complexity index is 485. The number of aromatic carboxylic acids is 1. The third-order valence-electron chi connectivity index (χ3n) is 1.85. The third-order valence-corrected chi connectivity index (χ3v) is 2.75. The molecule has 0 amide bonds. The quantitative estimate of drug-likeness (QED) is 0.823. The first-order valence-electron chi connectivity index (χ1n) is 4.54. The summed E-state index contributed by atoms with van der Waals surface area (Å²) in [6.45, 7) is 0. The molecule has 1 heterocycles. The van der Waals surface area contributed by atoms with Gasteiger partial charge in [0.1, 0.15) is 0 Å². The van der Waals surface area contributed by atoms with Gasteiger partial charge in [0.25, 0.3) is 0 Å². The topological polar surface area (TPSA) is 63.1 Å². The van der Waals surface area contributed by atoms with Crippen molar-refractivity contribution >= 4 is 17.7 Å². The van der Waals surface area contributed by atoms with E-state index < -0.39 is 5.97 Å². The molecule has 0 saturated heterocycles. The second kappa shape index (κ2) is 4.76. The number of carbonyl (C=O) groups is 1. The first-order chi connectivity index (χ1) is 7.75. The highest BCUT2D eigenvalue weighted by atomic mass is 32.2. The van der Waals surface area contributed by atoms with Gasteiger partial charge in [0, 0.05) is 17.3 Å². The fourth-order valence-electron chi connectivity index (χ4n) is 1.11. The fraction of sp³-hybridized carbons (Fsp3) is 0. The van der Waals surface area contributed by atoms with Gasteiger partial charge in [0.05, 0.1) is 5.56 Å². The molecule has 2 aromatic rings. The largest absolute Gasteiger partial charge is 0.478 e. The highest BCUT2D eigenvalue weighted by Crippen LogP contribution is 2.23. The number of nitrogens with zero attached hydrogens (tertiary/aromatic N) is 2. The lowest BCUT2D eigenvalue weighted by atomic mass is 10.2. The van der Waals surface area contributed by atoms with Crippen LogP contribution in [0.25, 0.3) is 0 Å². The van der Waals surface area contributed by atoms with Crippen molar-refractivity contribution in [2.75, 3.05) is 0 Å². The Balaban J connectivity index is 2.14. The van der Waals surface area contributed by atoms with Crippen molar-refractivity contribution in [2.24, 2.45) is 0 Å². The maximum atomic E-state index is 10.6. The molecule has 0 atom stereocenters. The molecule has 0 aliphatic carbocycles. The Labute approximate surface area is 96.4 Å². The van der Waals surface area contributed by atoms with Gasteiger partial charge in [-0.05, 0) is 42.1 Å². The molecule has 0 spiro atoms. The summed E-state index contributed by atoms with van der Waals surface area (Å²) in [7, 11) is 0. The third kappa shape index (κ3) is 2.58. The van der Waals surface area contributed by atoms with Crippen LogP contribution in [-0.4, -0.2) is 21.0 Å². The van der Waals surface area contributed by atoms with E-state index in [4.69, 9.17) is 5.11 Å². The molecule has 0 bridgehead atoms. The minimum absolute atomic E-state index is 0.276. The van der Waals surface area contributed by atoms with Gasteiger partial charge in [-0.25, -0.2) is 14.8 Å². The summed E-state index contributed by atoms with van der Waals surface area (Å²) in [6.07, 6.45) is 3.34. The molecule has 16 heavy (non-hydrogen) atoms. The maximum Gasteiger partial charge on any atom is 0.335 e. The van der Waals surface area contributed by atoms with E-state index in [-0.39, 0.29) is 5.56 Å². The van der Waals surface area contributed by atoms with Crippen molar-refractivity contribution in [1.29, 1.82) is 0 Å². The summed E-state index contributed by atoms with van der Waals surface area (Å²) < 4.78 is 0. The van der Waals surface area contributed by atoms with Gasteiger partial charge < -0.3 is 5.11 Å². The Morgan fingerprint density at radius 1 is 1.12 bits per heavy atom. The van der Waals surface area contributed by atoms with Crippen molar-refractivity contribution in [2.45, 2.75) is 10.1 Å². The zero-order chi connectivity index (χ0) is 11.4. The predicted molar refractivity (Wildman–Crippen MR) is 59.6 cm³/mol. The summed E-state index contributed by atoms with van der Waals surface area (Å²) in [4.78, 5) is 19.7. The van der Waals surface area contributed by atoms with Crippen molar-refractivity contribution in [3.8, 4) is 0 Å². The van der Waals surface area contributed by atoms with Crippen LogP contribution in [-0.2, 0) is 0 Å². The molecule has 80 valence electrons. The van der Waals surface area contributed by atoms with Crippen molar-refractivity contribution in [3.05, 3.63) is 48.3 Å². The van der Waals surface area contributed by atoms with Crippen LogP contribution < -0.4 is 0 Å². The van der Waals surface area contributed by atoms with E-state index in [1.54, 1.807) is 42.7 Å². The van der Waals surface area contributed by atoms with Crippen LogP contribution in [0, 0.1) is 0 Å². The summed E-state index contributed by atoms with van der Waals surface area (Å²) >= 11 is 1.39. The molecule has 0 aliphatic rings. The van der Waals surface area contributed by atoms with Crippen molar-refractivity contribution in [3.63, 3.8) is 0 Å². The minimum atomic E-state index is -0.924. The number of carboxylic acid groups (broad SMARTS) is 1. The normalized spacial score (nSPS) is 10.0. The van der Waals surface area contributed by atoms with Crippen LogP contribution in [0.1, 0.15) is 10.4 Å². The van der Waals surface area contributed by atoms with E-state index in [1.165, 1.54) is 11.8 Å². The Hall–Kier alpha value is -1.88. The van der Waals surface area contributed by atoms with Crippen LogP contribution in [0.2, 0.25) is 0 Å². The van der Waals surface area contributed by atoms with E-state index in [0.717, 1.165) is 4.90 Å². The van der Waals surface area contributed by atoms with Crippen LogP contribution in [0.4, 0.5) is 0 Å². The van der Waals surface area contributed by atoms with E-state index in [9.17, 15) is 4.79 Å². The second-order valence-corrected chi connectivity index (χ2v) is 4.00. The number of carboxylic acids is 1. The van der Waals surface area contributed by atoms with Gasteiger partial charge in [-0.2, -0.15) is 0 Å². The van der Waals surface area contributed by atoms with Crippen LogP contribution >= 0.6 is 11.8 Å². The molecular formula is C11H8N2O2S. The zero-order valence-electron chi connectivity index (χ0n) is 8.20. The predicted octanol–water partition coefficient (Wildman–Crippen LogP) is 2.33. The maximum absolute atomic E-state index is 10.6. The number of hydrogen-bond donors (Lipinski definition) is 1. The molecule has 1 N–H and O–H groups in total. The average molecular weight is 232 g/mol. The minimum Gasteiger partial charge on any atom is -0.478 e. The first-order valence-corrected chi connectivity index (χ1v) is 5.35. The number of benzene rings is 1. The summed E-state index contributed by atoms with van der Waals surface area (Å²) in [5, 5.41) is 9.38. The molecule has 0 radical (unpaired) electrons. The fourth-order valence-corrected chi connectivity index (χ4v) is 1.82. The van der Waals surface area contributed by atoms with Gasteiger partial charge in [-0.15, -0.1) is 0 Å².